The molecule has 138 valence electrons. The van der Waals surface area contributed by atoms with Crippen molar-refractivity contribution in [1.29, 1.82) is 5.26 Å². The van der Waals surface area contributed by atoms with Crippen LogP contribution in [0.5, 0.6) is 0 Å². The van der Waals surface area contributed by atoms with E-state index < -0.39 is 17.8 Å². The van der Waals surface area contributed by atoms with Crippen LogP contribution in [0.25, 0.3) is 0 Å². The lowest BCUT2D eigenvalue weighted by molar-refractivity contribution is -0.172. The molecule has 0 unspecified atom stereocenters. The summed E-state index contributed by atoms with van der Waals surface area (Å²) in [6, 6.07) is 1.97. The summed E-state index contributed by atoms with van der Waals surface area (Å²) in [6.45, 7) is 5.34. The van der Waals surface area contributed by atoms with Crippen LogP contribution >= 0.6 is 11.3 Å². The third kappa shape index (κ3) is 3.75. The molecule has 8 nitrogen and oxygen atoms in total. The highest BCUT2D eigenvalue weighted by Crippen LogP contribution is 2.34. The van der Waals surface area contributed by atoms with Crippen LogP contribution in [0.3, 0.4) is 0 Å². The normalized spacial score (nSPS) is 13.9. The minimum Gasteiger partial charge on any atom is -0.324 e. The van der Waals surface area contributed by atoms with E-state index in [9.17, 15) is 24.4 Å². The smallest absolute Gasteiger partial charge is 0.324 e. The highest BCUT2D eigenvalue weighted by atomic mass is 32.1. The zero-order chi connectivity index (χ0) is 19.4. The number of amides is 3. The fraction of sp³-hybridized carbons (Fsp3) is 0.471. The van der Waals surface area contributed by atoms with Gasteiger partial charge in [-0.05, 0) is 25.3 Å². The number of carbonyl (C=O) groups excluding carboxylic acids is 4. The fourth-order valence-electron chi connectivity index (χ4n) is 2.59. The number of rotatable bonds is 6. The Balaban J connectivity index is 2.25. The summed E-state index contributed by atoms with van der Waals surface area (Å²) in [6.07, 6.45) is 1.30. The minimum atomic E-state index is -0.907. The Kier molecular flexibility index (Phi) is 6.10. The molecule has 0 saturated carbocycles. The van der Waals surface area contributed by atoms with Gasteiger partial charge in [-0.1, -0.05) is 13.8 Å². The molecule has 2 rings (SSSR count). The second-order valence-corrected chi connectivity index (χ2v) is 6.86. The van der Waals surface area contributed by atoms with Crippen molar-refractivity contribution in [3.8, 4) is 6.07 Å². The number of anilines is 1. The van der Waals surface area contributed by atoms with Crippen molar-refractivity contribution in [3.63, 3.8) is 0 Å². The lowest BCUT2D eigenvalue weighted by Gasteiger charge is -2.12. The first-order valence-electron chi connectivity index (χ1n) is 8.26. The average molecular weight is 377 g/mol. The monoisotopic (exact) mass is 377 g/mol. The molecular weight excluding hydrogens is 358 g/mol. The number of carbonyl (C=O) groups is 4. The van der Waals surface area contributed by atoms with Gasteiger partial charge in [0, 0.05) is 18.8 Å². The molecule has 2 heterocycles. The Labute approximate surface area is 154 Å². The molecule has 0 spiro atoms. The summed E-state index contributed by atoms with van der Waals surface area (Å²) in [5.74, 6) is -2.49. The number of hydroxylamine groups is 2. The van der Waals surface area contributed by atoms with Crippen LogP contribution in [0.15, 0.2) is 0 Å². The Bertz CT molecular complexity index is 788. The van der Waals surface area contributed by atoms with Crippen molar-refractivity contribution in [2.45, 2.75) is 46.5 Å². The first-order valence-corrected chi connectivity index (χ1v) is 9.08. The molecule has 1 aromatic heterocycles. The van der Waals surface area contributed by atoms with E-state index in [-0.39, 0.29) is 40.1 Å². The Hall–Kier alpha value is -2.73. The van der Waals surface area contributed by atoms with Crippen LogP contribution in [0.2, 0.25) is 0 Å². The maximum atomic E-state index is 12.3. The van der Waals surface area contributed by atoms with Gasteiger partial charge in [-0.2, -0.15) is 5.26 Å². The van der Waals surface area contributed by atoms with Crippen molar-refractivity contribution in [2.75, 3.05) is 5.32 Å². The Morgan fingerprint density at radius 2 is 1.85 bits per heavy atom. The number of imide groups is 1. The second-order valence-electron chi connectivity index (χ2n) is 5.84. The van der Waals surface area contributed by atoms with E-state index in [1.54, 1.807) is 6.92 Å². The van der Waals surface area contributed by atoms with E-state index in [1.165, 1.54) is 0 Å². The van der Waals surface area contributed by atoms with E-state index in [1.807, 2.05) is 19.9 Å². The number of thiophene rings is 1. The van der Waals surface area contributed by atoms with Crippen molar-refractivity contribution in [2.24, 2.45) is 5.92 Å². The molecule has 0 radical (unpaired) electrons. The van der Waals surface area contributed by atoms with Crippen molar-refractivity contribution >= 4 is 40.0 Å². The number of hydrogen-bond acceptors (Lipinski definition) is 7. The Morgan fingerprint density at radius 1 is 1.27 bits per heavy atom. The lowest BCUT2D eigenvalue weighted by atomic mass is 10.0. The molecule has 3 amide bonds. The van der Waals surface area contributed by atoms with Gasteiger partial charge in [0.1, 0.15) is 15.9 Å². The van der Waals surface area contributed by atoms with Gasteiger partial charge in [0.25, 0.3) is 11.8 Å². The van der Waals surface area contributed by atoms with Crippen LogP contribution in [0.4, 0.5) is 5.00 Å². The highest BCUT2D eigenvalue weighted by molar-refractivity contribution is 7.18. The second kappa shape index (κ2) is 8.10. The van der Waals surface area contributed by atoms with Crippen molar-refractivity contribution < 1.29 is 24.0 Å². The maximum absolute atomic E-state index is 12.3. The van der Waals surface area contributed by atoms with Crippen LogP contribution in [-0.4, -0.2) is 28.8 Å². The predicted octanol–water partition coefficient (Wildman–Crippen LogP) is 2.52. The first-order chi connectivity index (χ1) is 12.3. The third-order valence-corrected chi connectivity index (χ3v) is 5.40. The first kappa shape index (κ1) is 19.6. The zero-order valence-electron chi connectivity index (χ0n) is 14.7. The van der Waals surface area contributed by atoms with Crippen LogP contribution in [-0.2, 0) is 19.2 Å². The van der Waals surface area contributed by atoms with Gasteiger partial charge in [-0.3, -0.25) is 14.4 Å². The summed E-state index contributed by atoms with van der Waals surface area (Å²) in [5, 5.41) is 12.8. The molecule has 1 fully saturated rings. The summed E-state index contributed by atoms with van der Waals surface area (Å²) >= 11 is 0.893. The number of hydrogen-bond donors (Lipinski definition) is 1. The number of nitrogens with zero attached hydrogens (tertiary/aromatic N) is 2. The fourth-order valence-corrected chi connectivity index (χ4v) is 3.62. The quantitative estimate of drug-likeness (QED) is 0.761. The Morgan fingerprint density at radius 3 is 2.35 bits per heavy atom. The minimum absolute atomic E-state index is 0.00425. The lowest BCUT2D eigenvalue weighted by Crippen LogP contribution is -2.32. The van der Waals surface area contributed by atoms with Gasteiger partial charge >= 0.3 is 5.97 Å². The molecule has 1 aliphatic rings. The van der Waals surface area contributed by atoms with Gasteiger partial charge in [0.05, 0.1) is 5.56 Å². The number of nitriles is 1. The molecular formula is C17H19N3O5S. The molecule has 0 aliphatic carbocycles. The van der Waals surface area contributed by atoms with Gasteiger partial charge in [-0.15, -0.1) is 16.4 Å². The zero-order valence-corrected chi connectivity index (χ0v) is 15.6. The van der Waals surface area contributed by atoms with Gasteiger partial charge in [0.2, 0.25) is 5.91 Å². The van der Waals surface area contributed by atoms with Crippen molar-refractivity contribution in [3.05, 3.63) is 16.0 Å². The molecule has 9 heteroatoms. The van der Waals surface area contributed by atoms with Crippen molar-refractivity contribution in [1.82, 2.24) is 5.06 Å². The standard InChI is InChI=1S/C17H19N3O5S/c1-4-10(5-2)15(23)19-16-11(8-18)9(3)14(26-16)17(24)25-20-12(21)6-7-13(20)22/h10H,4-7H2,1-3H3,(H,19,23). The molecule has 0 bridgehead atoms. The van der Waals surface area contributed by atoms with E-state index in [0.29, 0.717) is 23.5 Å². The van der Waals surface area contributed by atoms with E-state index in [0.717, 1.165) is 11.3 Å². The summed E-state index contributed by atoms with van der Waals surface area (Å²) in [5.41, 5.74) is 0.502. The summed E-state index contributed by atoms with van der Waals surface area (Å²) in [4.78, 5) is 52.7. The molecule has 1 aliphatic heterocycles. The van der Waals surface area contributed by atoms with Gasteiger partial charge in [-0.25, -0.2) is 4.79 Å². The number of nitrogens with one attached hydrogen (secondary N) is 1. The molecule has 1 saturated heterocycles. The topological polar surface area (TPSA) is 117 Å². The molecule has 0 atom stereocenters. The van der Waals surface area contributed by atoms with E-state index >= 15 is 0 Å². The van der Waals surface area contributed by atoms with Gasteiger partial charge in [0.15, 0.2) is 0 Å². The molecule has 0 aromatic carbocycles. The molecule has 1 aromatic rings. The largest absolute Gasteiger partial charge is 0.374 e. The third-order valence-electron chi connectivity index (χ3n) is 4.22. The maximum Gasteiger partial charge on any atom is 0.374 e. The average Bonchev–Trinajstić information content (AvgIpc) is 3.09. The van der Waals surface area contributed by atoms with Crippen LogP contribution in [0, 0.1) is 24.2 Å². The van der Waals surface area contributed by atoms with E-state index in [4.69, 9.17) is 4.84 Å². The van der Waals surface area contributed by atoms with Crippen LogP contribution in [0.1, 0.15) is 60.3 Å². The summed E-state index contributed by atoms with van der Waals surface area (Å²) in [7, 11) is 0. The van der Waals surface area contributed by atoms with Gasteiger partial charge < -0.3 is 10.2 Å². The highest BCUT2D eigenvalue weighted by Gasteiger charge is 2.34. The predicted molar refractivity (Wildman–Crippen MR) is 93.0 cm³/mol. The SMILES string of the molecule is CCC(CC)C(=O)Nc1sc(C(=O)ON2C(=O)CCC2=O)c(C)c1C#N. The molecule has 26 heavy (non-hydrogen) atoms. The van der Waals surface area contributed by atoms with Crippen LogP contribution < -0.4 is 5.32 Å². The summed E-state index contributed by atoms with van der Waals surface area (Å²) < 4.78 is 0. The van der Waals surface area contributed by atoms with E-state index in [2.05, 4.69) is 5.32 Å². The molecule has 1 N–H and O–H groups in total.